The average molecular weight is 510 g/mol. The van der Waals surface area contributed by atoms with Crippen LogP contribution in [-0.4, -0.2) is 11.5 Å². The number of Topliss-reactive ketones (excluding diaryl/α,β-unsaturated/α-hetero) is 1. The van der Waals surface area contributed by atoms with E-state index < -0.39 is 0 Å². The van der Waals surface area contributed by atoms with Gasteiger partial charge < -0.3 is 11.1 Å². The summed E-state index contributed by atoms with van der Waals surface area (Å²) in [6.07, 6.45) is 14.5. The van der Waals surface area contributed by atoms with Gasteiger partial charge in [-0.1, -0.05) is 95.0 Å². The third kappa shape index (κ3) is 6.18. The molecule has 3 aromatic carbocycles. The molecule has 4 heteroatoms. The number of carbonyl (C=O) groups is 1. The van der Waals surface area contributed by atoms with Gasteiger partial charge in [0, 0.05) is 16.8 Å². The molecule has 0 fully saturated rings. The first-order valence-corrected chi connectivity index (χ1v) is 14.4. The largest absolute Gasteiger partial charge is 0.396 e. The summed E-state index contributed by atoms with van der Waals surface area (Å²) in [6.45, 7) is 6.38. The number of hydrogen-bond donors (Lipinski definition) is 3. The lowest BCUT2D eigenvalue weighted by Gasteiger charge is -2.25. The number of fused-ring (bicyclic) bond motifs is 2. The highest BCUT2D eigenvalue weighted by Gasteiger charge is 2.31. The molecule has 0 saturated heterocycles. The molecule has 0 unspecified atom stereocenters. The maximum Gasteiger partial charge on any atom is 0.229 e. The number of anilines is 1. The predicted molar refractivity (Wildman–Crippen MR) is 162 cm³/mol. The van der Waals surface area contributed by atoms with E-state index in [0.717, 1.165) is 39.6 Å². The minimum absolute atomic E-state index is 0.0132. The maximum absolute atomic E-state index is 13.2. The Morgan fingerprint density at radius 3 is 2.13 bits per heavy atom. The Hall–Kier alpha value is -3.40. The lowest BCUT2D eigenvalue weighted by Crippen LogP contribution is -2.30. The molecular weight excluding hydrogens is 466 g/mol. The third-order valence-corrected chi connectivity index (χ3v) is 7.93. The van der Waals surface area contributed by atoms with E-state index in [4.69, 9.17) is 11.1 Å². The fourth-order valence-electron chi connectivity index (χ4n) is 5.76. The summed E-state index contributed by atoms with van der Waals surface area (Å²) < 4.78 is 0. The molecule has 0 aromatic heterocycles. The van der Waals surface area contributed by atoms with Crippen LogP contribution in [0.1, 0.15) is 98.9 Å². The number of nitrogens with one attached hydrogen (secondary N) is 2. The van der Waals surface area contributed by atoms with E-state index in [1.54, 1.807) is 0 Å². The molecule has 0 atom stereocenters. The predicted octanol–water partition coefficient (Wildman–Crippen LogP) is 8.61. The summed E-state index contributed by atoms with van der Waals surface area (Å²) in [5, 5.41) is 14.0. The SMILES string of the molecule is CCCCCCCCCCCCc1ccc(NC2=C(N)c3c(cc4cccc(C)c4c3C)C(=N)C2=O)cc1. The molecule has 4 N–H and O–H groups in total. The molecule has 1 aliphatic rings. The lowest BCUT2D eigenvalue weighted by atomic mass is 9.83. The molecule has 0 spiro atoms. The molecule has 1 aliphatic carbocycles. The highest BCUT2D eigenvalue weighted by Crippen LogP contribution is 2.35. The molecule has 3 aromatic rings. The van der Waals surface area contributed by atoms with Crippen LogP contribution in [-0.2, 0) is 11.2 Å². The zero-order valence-electron chi connectivity index (χ0n) is 23.4. The first kappa shape index (κ1) is 27.6. The van der Waals surface area contributed by atoms with Crippen LogP contribution in [0.5, 0.6) is 0 Å². The topological polar surface area (TPSA) is 79.0 Å². The van der Waals surface area contributed by atoms with Crippen LogP contribution in [0, 0.1) is 19.3 Å². The van der Waals surface area contributed by atoms with Crippen molar-refractivity contribution >= 4 is 33.7 Å². The second kappa shape index (κ2) is 12.9. The van der Waals surface area contributed by atoms with Gasteiger partial charge in [0.2, 0.25) is 5.78 Å². The van der Waals surface area contributed by atoms with Gasteiger partial charge >= 0.3 is 0 Å². The zero-order valence-corrected chi connectivity index (χ0v) is 23.4. The fourth-order valence-corrected chi connectivity index (χ4v) is 5.76. The molecular formula is C34H43N3O. The van der Waals surface area contributed by atoms with E-state index in [-0.39, 0.29) is 11.5 Å². The number of rotatable bonds is 13. The average Bonchev–Trinajstić information content (AvgIpc) is 2.91. The maximum atomic E-state index is 13.2. The zero-order chi connectivity index (χ0) is 27.1. The van der Waals surface area contributed by atoms with Crippen LogP contribution >= 0.6 is 0 Å². The Labute approximate surface area is 228 Å². The van der Waals surface area contributed by atoms with Crippen molar-refractivity contribution < 1.29 is 4.79 Å². The van der Waals surface area contributed by atoms with Crippen molar-refractivity contribution in [1.82, 2.24) is 0 Å². The van der Waals surface area contributed by atoms with Crippen LogP contribution in [0.2, 0.25) is 0 Å². The van der Waals surface area contributed by atoms with Gasteiger partial charge in [-0.3, -0.25) is 10.2 Å². The molecule has 0 aliphatic heterocycles. The monoisotopic (exact) mass is 509 g/mol. The van der Waals surface area contributed by atoms with Crippen molar-refractivity contribution in [3.05, 3.63) is 82.0 Å². The van der Waals surface area contributed by atoms with E-state index in [0.29, 0.717) is 17.0 Å². The van der Waals surface area contributed by atoms with Gasteiger partial charge in [0.05, 0.1) is 5.70 Å². The summed E-state index contributed by atoms with van der Waals surface area (Å²) in [7, 11) is 0. The van der Waals surface area contributed by atoms with Crippen LogP contribution in [0.4, 0.5) is 5.69 Å². The molecule has 0 radical (unpaired) electrons. The summed E-state index contributed by atoms with van der Waals surface area (Å²) in [4.78, 5) is 13.2. The van der Waals surface area contributed by atoms with E-state index in [1.165, 1.54) is 69.8 Å². The smallest absolute Gasteiger partial charge is 0.229 e. The van der Waals surface area contributed by atoms with Crippen LogP contribution in [0.3, 0.4) is 0 Å². The van der Waals surface area contributed by atoms with Gasteiger partial charge in [-0.25, -0.2) is 0 Å². The fraction of sp³-hybridized carbons (Fsp3) is 0.412. The highest BCUT2D eigenvalue weighted by atomic mass is 16.1. The van der Waals surface area contributed by atoms with Crippen molar-refractivity contribution in [2.45, 2.75) is 91.4 Å². The number of allylic oxidation sites excluding steroid dienone is 1. The number of hydrogen-bond acceptors (Lipinski definition) is 4. The minimum Gasteiger partial charge on any atom is -0.396 e. The molecule has 0 bridgehead atoms. The number of nitrogens with two attached hydrogens (primary N) is 1. The Balaban J connectivity index is 1.38. The van der Waals surface area contributed by atoms with E-state index >= 15 is 0 Å². The second-order valence-electron chi connectivity index (χ2n) is 10.8. The van der Waals surface area contributed by atoms with Crippen molar-refractivity contribution in [2.24, 2.45) is 5.73 Å². The van der Waals surface area contributed by atoms with Crippen LogP contribution in [0.15, 0.2) is 54.2 Å². The van der Waals surface area contributed by atoms with Crippen molar-refractivity contribution in [1.29, 1.82) is 5.41 Å². The number of unbranched alkanes of at least 4 members (excludes halogenated alkanes) is 9. The third-order valence-electron chi connectivity index (χ3n) is 7.93. The van der Waals surface area contributed by atoms with Gasteiger partial charge in [-0.05, 0) is 72.4 Å². The Morgan fingerprint density at radius 2 is 1.47 bits per heavy atom. The first-order valence-electron chi connectivity index (χ1n) is 14.4. The van der Waals surface area contributed by atoms with E-state index in [9.17, 15) is 4.79 Å². The van der Waals surface area contributed by atoms with Gasteiger partial charge in [0.15, 0.2) is 0 Å². The summed E-state index contributed by atoms with van der Waals surface area (Å²) >= 11 is 0. The summed E-state index contributed by atoms with van der Waals surface area (Å²) in [5.41, 5.74) is 13.0. The second-order valence-corrected chi connectivity index (χ2v) is 10.8. The van der Waals surface area contributed by atoms with Crippen LogP contribution < -0.4 is 11.1 Å². The van der Waals surface area contributed by atoms with Gasteiger partial charge in [-0.2, -0.15) is 0 Å². The normalized spacial score (nSPS) is 13.3. The van der Waals surface area contributed by atoms with E-state index in [2.05, 4.69) is 37.4 Å². The van der Waals surface area contributed by atoms with Crippen molar-refractivity contribution in [3.63, 3.8) is 0 Å². The van der Waals surface area contributed by atoms with Crippen molar-refractivity contribution in [2.75, 3.05) is 5.32 Å². The number of benzene rings is 3. The van der Waals surface area contributed by atoms with Gasteiger partial charge in [0.1, 0.15) is 11.4 Å². The molecule has 4 rings (SSSR count). The quantitative estimate of drug-likeness (QED) is 0.202. The van der Waals surface area contributed by atoms with Crippen molar-refractivity contribution in [3.8, 4) is 0 Å². The number of ketones is 1. The molecule has 38 heavy (non-hydrogen) atoms. The first-order chi connectivity index (χ1) is 18.4. The Bertz CT molecular complexity index is 1330. The van der Waals surface area contributed by atoms with Gasteiger partial charge in [-0.15, -0.1) is 0 Å². The van der Waals surface area contributed by atoms with Crippen LogP contribution in [0.25, 0.3) is 16.5 Å². The molecule has 0 amide bonds. The standard InChI is InChI=1S/C34H43N3O/c1-4-5-6-7-8-9-10-11-12-13-16-25-18-20-27(21-19-25)37-33-32(36)30-24(3)29-23(2)15-14-17-26(29)22-28(30)31(35)34(33)38/h14-15,17-22,35,37H,4-13,16,36H2,1-3H3. The van der Waals surface area contributed by atoms with E-state index in [1.807, 2.05) is 37.3 Å². The highest BCUT2D eigenvalue weighted by molar-refractivity contribution is 6.54. The summed E-state index contributed by atoms with van der Waals surface area (Å²) in [5.74, 6) is -0.365. The molecule has 0 heterocycles. The number of aryl methyl sites for hydroxylation is 3. The minimum atomic E-state index is -0.365. The number of carbonyl (C=O) groups excluding carboxylic acids is 1. The lowest BCUT2D eigenvalue weighted by molar-refractivity contribution is -0.109. The molecule has 0 saturated carbocycles. The molecule has 4 nitrogen and oxygen atoms in total. The summed E-state index contributed by atoms with van der Waals surface area (Å²) in [6, 6.07) is 16.3. The Kier molecular flexibility index (Phi) is 9.38. The Morgan fingerprint density at radius 1 is 0.842 bits per heavy atom. The molecule has 200 valence electrons. The van der Waals surface area contributed by atoms with Gasteiger partial charge in [0.25, 0.3) is 0 Å².